The van der Waals surface area contributed by atoms with Crippen LogP contribution in [0.25, 0.3) is 0 Å². The molecule has 3 N–H and O–H groups in total. The number of nitriles is 1. The molecule has 1 saturated heterocycles. The Kier molecular flexibility index (Phi) is 5.74. The molecule has 0 aromatic carbocycles. The van der Waals surface area contributed by atoms with E-state index in [4.69, 9.17) is 11.0 Å². The summed E-state index contributed by atoms with van der Waals surface area (Å²) >= 11 is 1.38. The van der Waals surface area contributed by atoms with E-state index in [9.17, 15) is 4.79 Å². The fraction of sp³-hybridized carbons (Fsp3) is 0.600. The molecule has 1 fully saturated rings. The maximum absolute atomic E-state index is 12.0. The van der Waals surface area contributed by atoms with E-state index in [2.05, 4.69) is 16.3 Å². The number of nitrogens with zero attached hydrogens (tertiary/aromatic N) is 2. The second-order valence-corrected chi connectivity index (χ2v) is 6.45. The third kappa shape index (κ3) is 4.27. The van der Waals surface area contributed by atoms with E-state index in [1.165, 1.54) is 24.2 Å². The Morgan fingerprint density at radius 3 is 3.19 bits per heavy atom. The smallest absolute Gasteiger partial charge is 0.226 e. The van der Waals surface area contributed by atoms with Gasteiger partial charge < -0.3 is 11.1 Å². The van der Waals surface area contributed by atoms with E-state index < -0.39 is 0 Å². The van der Waals surface area contributed by atoms with Crippen LogP contribution in [-0.2, 0) is 4.79 Å². The number of likely N-dealkylation sites (tertiary alicyclic amines) is 1. The summed E-state index contributed by atoms with van der Waals surface area (Å²) in [6.45, 7) is 3.78. The lowest BCUT2D eigenvalue weighted by Crippen LogP contribution is -2.49. The van der Waals surface area contributed by atoms with Crippen LogP contribution < -0.4 is 11.1 Å². The Hall–Kier alpha value is -1.42. The van der Waals surface area contributed by atoms with Crippen molar-refractivity contribution in [1.82, 2.24) is 4.90 Å². The van der Waals surface area contributed by atoms with E-state index >= 15 is 0 Å². The molecular weight excluding hydrogens is 284 g/mol. The molecule has 2 atom stereocenters. The topological polar surface area (TPSA) is 82.2 Å². The van der Waals surface area contributed by atoms with Gasteiger partial charge in [-0.15, -0.1) is 11.3 Å². The van der Waals surface area contributed by atoms with E-state index in [1.807, 2.05) is 12.3 Å². The molecule has 0 bridgehead atoms. The molecule has 1 aromatic heterocycles. The maximum atomic E-state index is 12.0. The van der Waals surface area contributed by atoms with Crippen molar-refractivity contribution in [2.75, 3.05) is 18.4 Å². The molecular formula is C15H22N4OS. The summed E-state index contributed by atoms with van der Waals surface area (Å²) in [7, 11) is 0. The van der Waals surface area contributed by atoms with Gasteiger partial charge in [-0.25, -0.2) is 0 Å². The number of rotatable bonds is 5. The van der Waals surface area contributed by atoms with E-state index in [1.54, 1.807) is 6.07 Å². The van der Waals surface area contributed by atoms with Crippen molar-refractivity contribution in [2.45, 2.75) is 44.7 Å². The predicted octanol–water partition coefficient (Wildman–Crippen LogP) is 2.15. The van der Waals surface area contributed by atoms with Gasteiger partial charge in [0, 0.05) is 25.0 Å². The minimum atomic E-state index is -0.0389. The van der Waals surface area contributed by atoms with Crippen LogP contribution in [0.3, 0.4) is 0 Å². The highest BCUT2D eigenvalue weighted by molar-refractivity contribution is 7.14. The zero-order chi connectivity index (χ0) is 15.2. The number of hydrogen-bond donors (Lipinski definition) is 2. The van der Waals surface area contributed by atoms with Gasteiger partial charge in [0.2, 0.25) is 5.91 Å². The first-order chi connectivity index (χ1) is 10.1. The molecule has 114 valence electrons. The quantitative estimate of drug-likeness (QED) is 0.873. The SMILES string of the molecule is CC(N)C1CCCCN1CCC(=O)Nc1sccc1C#N. The molecule has 0 spiro atoms. The number of anilines is 1. The van der Waals surface area contributed by atoms with Gasteiger partial charge in [0.25, 0.3) is 0 Å². The van der Waals surface area contributed by atoms with Crippen LogP contribution in [0.15, 0.2) is 11.4 Å². The fourth-order valence-electron chi connectivity index (χ4n) is 2.82. The van der Waals surface area contributed by atoms with Crippen LogP contribution in [0.5, 0.6) is 0 Å². The van der Waals surface area contributed by atoms with Crippen LogP contribution in [0.2, 0.25) is 0 Å². The summed E-state index contributed by atoms with van der Waals surface area (Å²) in [4.78, 5) is 14.4. The Morgan fingerprint density at radius 1 is 1.67 bits per heavy atom. The third-order valence-electron chi connectivity index (χ3n) is 3.94. The average Bonchev–Trinajstić information content (AvgIpc) is 2.92. The maximum Gasteiger partial charge on any atom is 0.226 e. The van der Waals surface area contributed by atoms with Gasteiger partial charge in [-0.2, -0.15) is 5.26 Å². The number of nitrogens with two attached hydrogens (primary N) is 1. The Bertz CT molecular complexity index is 520. The molecule has 1 amide bonds. The van der Waals surface area contributed by atoms with Gasteiger partial charge in [-0.05, 0) is 37.8 Å². The van der Waals surface area contributed by atoms with Crippen LogP contribution in [0.1, 0.15) is 38.2 Å². The zero-order valence-electron chi connectivity index (χ0n) is 12.3. The highest BCUT2D eigenvalue weighted by Gasteiger charge is 2.25. The Labute approximate surface area is 129 Å². The first-order valence-electron chi connectivity index (χ1n) is 7.39. The largest absolute Gasteiger partial charge is 0.327 e. The van der Waals surface area contributed by atoms with E-state index in [0.717, 1.165) is 19.5 Å². The molecule has 1 aliphatic heterocycles. The molecule has 2 unspecified atom stereocenters. The van der Waals surface area contributed by atoms with Crippen molar-refractivity contribution >= 4 is 22.2 Å². The molecule has 0 saturated carbocycles. The molecule has 1 aromatic rings. The second-order valence-electron chi connectivity index (χ2n) is 5.53. The summed E-state index contributed by atoms with van der Waals surface area (Å²) in [6, 6.07) is 4.31. The van der Waals surface area contributed by atoms with Crippen molar-refractivity contribution < 1.29 is 4.79 Å². The van der Waals surface area contributed by atoms with Gasteiger partial charge >= 0.3 is 0 Å². The summed E-state index contributed by atoms with van der Waals surface area (Å²) in [6.07, 6.45) is 3.94. The lowest BCUT2D eigenvalue weighted by atomic mass is 9.97. The molecule has 6 heteroatoms. The second kappa shape index (κ2) is 7.55. The van der Waals surface area contributed by atoms with Crippen molar-refractivity contribution in [3.8, 4) is 6.07 Å². The first kappa shape index (κ1) is 16.0. The summed E-state index contributed by atoms with van der Waals surface area (Å²) in [5.41, 5.74) is 6.56. The van der Waals surface area contributed by atoms with E-state index in [0.29, 0.717) is 23.0 Å². The van der Waals surface area contributed by atoms with Crippen LogP contribution in [0, 0.1) is 11.3 Å². The highest BCUT2D eigenvalue weighted by atomic mass is 32.1. The normalized spacial score (nSPS) is 20.7. The van der Waals surface area contributed by atoms with Crippen LogP contribution in [0.4, 0.5) is 5.00 Å². The molecule has 0 aliphatic carbocycles. The molecule has 21 heavy (non-hydrogen) atoms. The van der Waals surface area contributed by atoms with Crippen molar-refractivity contribution in [1.29, 1.82) is 5.26 Å². The molecule has 0 radical (unpaired) electrons. The number of thiophene rings is 1. The highest BCUT2D eigenvalue weighted by Crippen LogP contribution is 2.23. The Balaban J connectivity index is 1.84. The minimum Gasteiger partial charge on any atom is -0.327 e. The lowest BCUT2D eigenvalue weighted by molar-refractivity contribution is -0.116. The van der Waals surface area contributed by atoms with Gasteiger partial charge in [0.15, 0.2) is 0 Å². The minimum absolute atomic E-state index is 0.0389. The third-order valence-corrected chi connectivity index (χ3v) is 4.77. The van der Waals surface area contributed by atoms with Crippen LogP contribution >= 0.6 is 11.3 Å². The van der Waals surface area contributed by atoms with Gasteiger partial charge in [-0.1, -0.05) is 6.42 Å². The van der Waals surface area contributed by atoms with Crippen LogP contribution in [-0.4, -0.2) is 36.0 Å². The predicted molar refractivity (Wildman–Crippen MR) is 85.1 cm³/mol. The van der Waals surface area contributed by atoms with Gasteiger partial charge in [-0.3, -0.25) is 9.69 Å². The monoisotopic (exact) mass is 306 g/mol. The zero-order valence-corrected chi connectivity index (χ0v) is 13.2. The van der Waals surface area contributed by atoms with E-state index in [-0.39, 0.29) is 11.9 Å². The standard InChI is InChI=1S/C15H22N4OS/c1-11(17)13-4-2-3-7-19(13)8-5-14(20)18-15-12(10-16)6-9-21-15/h6,9,11,13H,2-5,7-8,17H2,1H3,(H,18,20). The van der Waals surface area contributed by atoms with Crippen molar-refractivity contribution in [3.05, 3.63) is 17.0 Å². The molecule has 2 heterocycles. The first-order valence-corrected chi connectivity index (χ1v) is 8.27. The number of amides is 1. The lowest BCUT2D eigenvalue weighted by Gasteiger charge is -2.37. The number of piperidine rings is 1. The summed E-state index contributed by atoms with van der Waals surface area (Å²) in [5.74, 6) is -0.0389. The number of carbonyl (C=O) groups excluding carboxylic acids is 1. The molecule has 2 rings (SSSR count). The van der Waals surface area contributed by atoms with Gasteiger partial charge in [0.05, 0.1) is 5.56 Å². The number of carbonyl (C=O) groups is 1. The number of hydrogen-bond acceptors (Lipinski definition) is 5. The Morgan fingerprint density at radius 2 is 2.48 bits per heavy atom. The van der Waals surface area contributed by atoms with Gasteiger partial charge in [0.1, 0.15) is 11.1 Å². The van der Waals surface area contributed by atoms with Crippen molar-refractivity contribution in [2.24, 2.45) is 5.73 Å². The number of nitrogens with one attached hydrogen (secondary N) is 1. The molecule has 5 nitrogen and oxygen atoms in total. The summed E-state index contributed by atoms with van der Waals surface area (Å²) < 4.78 is 0. The molecule has 1 aliphatic rings. The fourth-order valence-corrected chi connectivity index (χ4v) is 3.57. The average molecular weight is 306 g/mol. The summed E-state index contributed by atoms with van der Waals surface area (Å²) in [5, 5.41) is 14.2. The van der Waals surface area contributed by atoms with Crippen molar-refractivity contribution in [3.63, 3.8) is 0 Å².